The van der Waals surface area contributed by atoms with E-state index in [1.165, 1.54) is 4.31 Å². The molecule has 0 amide bonds. The number of aliphatic carboxylic acids is 1. The molecule has 0 aliphatic carbocycles. The molecule has 0 bridgehead atoms. The van der Waals surface area contributed by atoms with Crippen LogP contribution in [0, 0.1) is 6.57 Å². The van der Waals surface area contributed by atoms with E-state index < -0.39 is 16.0 Å². The molecule has 1 unspecified atom stereocenters. The molecule has 1 aliphatic heterocycles. The zero-order valence-corrected chi connectivity index (χ0v) is 19.2. The van der Waals surface area contributed by atoms with E-state index in [4.69, 9.17) is 11.3 Å². The first-order chi connectivity index (χ1) is 15.7. The van der Waals surface area contributed by atoms with Gasteiger partial charge in [0.1, 0.15) is 12.3 Å². The van der Waals surface area contributed by atoms with Crippen LogP contribution in [0.5, 0.6) is 5.75 Å². The maximum Gasteiger partial charge on any atom is 0.323 e. The van der Waals surface area contributed by atoms with Crippen molar-refractivity contribution in [2.45, 2.75) is 43.7 Å². The quantitative estimate of drug-likeness (QED) is 0.525. The van der Waals surface area contributed by atoms with E-state index in [1.807, 2.05) is 19.9 Å². The summed E-state index contributed by atoms with van der Waals surface area (Å²) < 4.78 is 35.1. The number of benzene rings is 2. The lowest BCUT2D eigenvalue weighted by Crippen LogP contribution is -2.28. The SMILES string of the molecule is [C-]#[N+]c1ccc2c(C3CCN(S(=O)(=O)c4ccc(OC(C)C)cc4)C3)cn(CC(=O)O)c2c1. The molecule has 0 radical (unpaired) electrons. The van der Waals surface area contributed by atoms with Gasteiger partial charge in [-0.2, -0.15) is 4.31 Å². The summed E-state index contributed by atoms with van der Waals surface area (Å²) in [5.41, 5.74) is 2.00. The lowest BCUT2D eigenvalue weighted by Gasteiger charge is -2.17. The van der Waals surface area contributed by atoms with E-state index in [1.54, 1.807) is 47.2 Å². The minimum atomic E-state index is -3.66. The van der Waals surface area contributed by atoms with E-state index in [2.05, 4.69) is 4.85 Å². The third-order valence-corrected chi connectivity index (χ3v) is 7.63. The van der Waals surface area contributed by atoms with Gasteiger partial charge in [0, 0.05) is 36.1 Å². The molecule has 0 spiro atoms. The smallest absolute Gasteiger partial charge is 0.323 e. The van der Waals surface area contributed by atoms with Gasteiger partial charge in [0.2, 0.25) is 10.0 Å². The van der Waals surface area contributed by atoms with Crippen molar-refractivity contribution in [1.29, 1.82) is 0 Å². The lowest BCUT2D eigenvalue weighted by atomic mass is 9.98. The standard InChI is InChI=1S/C24H25N3O5S/c1-16(2)32-19-5-7-20(8-6-19)33(30,31)27-11-10-17(13-27)22-14-26(15-24(28)29)23-12-18(25-3)4-9-21(22)23/h4-9,12,14,16-17H,10-11,13,15H2,1-2H3,(H,28,29). The highest BCUT2D eigenvalue weighted by molar-refractivity contribution is 7.89. The van der Waals surface area contributed by atoms with Gasteiger partial charge in [-0.3, -0.25) is 4.79 Å². The number of carboxylic acids is 1. The fourth-order valence-corrected chi connectivity index (χ4v) is 5.79. The number of sulfonamides is 1. The highest BCUT2D eigenvalue weighted by atomic mass is 32.2. The Kier molecular flexibility index (Phi) is 6.15. The number of aromatic nitrogens is 1. The van der Waals surface area contributed by atoms with Crippen molar-refractivity contribution in [3.05, 3.63) is 65.6 Å². The second-order valence-corrected chi connectivity index (χ2v) is 10.3. The highest BCUT2D eigenvalue weighted by Crippen LogP contribution is 2.37. The normalized spacial score (nSPS) is 16.8. The Morgan fingerprint density at radius 2 is 1.97 bits per heavy atom. The average molecular weight is 468 g/mol. The van der Waals surface area contributed by atoms with Crippen molar-refractivity contribution in [3.8, 4) is 5.75 Å². The monoisotopic (exact) mass is 467 g/mol. The Labute approximate surface area is 192 Å². The summed E-state index contributed by atoms with van der Waals surface area (Å²) in [6, 6.07) is 11.6. The minimum Gasteiger partial charge on any atom is -0.491 e. The van der Waals surface area contributed by atoms with Gasteiger partial charge >= 0.3 is 5.97 Å². The van der Waals surface area contributed by atoms with Crippen LogP contribution in [0.3, 0.4) is 0 Å². The first kappa shape index (κ1) is 22.8. The van der Waals surface area contributed by atoms with Crippen LogP contribution >= 0.6 is 0 Å². The van der Waals surface area contributed by atoms with Crippen LogP contribution < -0.4 is 4.74 Å². The lowest BCUT2D eigenvalue weighted by molar-refractivity contribution is -0.137. The first-order valence-electron chi connectivity index (χ1n) is 10.7. The Morgan fingerprint density at radius 3 is 2.61 bits per heavy atom. The largest absolute Gasteiger partial charge is 0.491 e. The van der Waals surface area contributed by atoms with Gasteiger partial charge in [0.05, 0.1) is 17.6 Å². The predicted molar refractivity (Wildman–Crippen MR) is 124 cm³/mol. The number of hydrogen-bond acceptors (Lipinski definition) is 4. The van der Waals surface area contributed by atoms with Gasteiger partial charge in [-0.25, -0.2) is 13.3 Å². The van der Waals surface area contributed by atoms with Crippen LogP contribution in [0.4, 0.5) is 5.69 Å². The summed E-state index contributed by atoms with van der Waals surface area (Å²) in [6.07, 6.45) is 2.41. The third-order valence-electron chi connectivity index (χ3n) is 5.76. The van der Waals surface area contributed by atoms with Crippen molar-refractivity contribution >= 4 is 32.6 Å². The summed E-state index contributed by atoms with van der Waals surface area (Å²) in [4.78, 5) is 15.0. The molecular formula is C24H25N3O5S. The second kappa shape index (κ2) is 8.89. The maximum absolute atomic E-state index is 13.2. The second-order valence-electron chi connectivity index (χ2n) is 8.41. The number of hydrogen-bond donors (Lipinski definition) is 1. The number of nitrogens with zero attached hydrogens (tertiary/aromatic N) is 3. The summed E-state index contributed by atoms with van der Waals surface area (Å²) in [5, 5.41) is 10.1. The fraction of sp³-hybridized carbons (Fsp3) is 0.333. The molecular weight excluding hydrogens is 442 g/mol. The highest BCUT2D eigenvalue weighted by Gasteiger charge is 2.34. The minimum absolute atomic E-state index is 0.000852. The Morgan fingerprint density at radius 1 is 1.24 bits per heavy atom. The molecule has 33 heavy (non-hydrogen) atoms. The maximum atomic E-state index is 13.2. The molecule has 1 fully saturated rings. The van der Waals surface area contributed by atoms with E-state index >= 15 is 0 Å². The van der Waals surface area contributed by atoms with Crippen LogP contribution in [0.1, 0.15) is 31.7 Å². The molecule has 2 aromatic carbocycles. The molecule has 8 nitrogen and oxygen atoms in total. The number of ether oxygens (including phenoxy) is 1. The molecule has 1 atom stereocenters. The Balaban J connectivity index is 1.61. The van der Waals surface area contributed by atoms with Crippen molar-refractivity contribution in [1.82, 2.24) is 8.87 Å². The van der Waals surface area contributed by atoms with Gasteiger partial charge < -0.3 is 14.4 Å². The molecule has 2 heterocycles. The summed E-state index contributed by atoms with van der Waals surface area (Å²) in [5.74, 6) is -0.430. The first-order valence-corrected chi connectivity index (χ1v) is 12.1. The molecule has 0 saturated carbocycles. The zero-order chi connectivity index (χ0) is 23.8. The predicted octanol–water partition coefficient (Wildman–Crippen LogP) is 4.24. The molecule has 1 aliphatic rings. The molecule has 3 aromatic rings. The summed E-state index contributed by atoms with van der Waals surface area (Å²) in [7, 11) is -3.66. The van der Waals surface area contributed by atoms with Crippen molar-refractivity contribution < 1.29 is 23.1 Å². The van der Waals surface area contributed by atoms with Crippen LogP contribution in [-0.4, -0.2) is 47.6 Å². The summed E-state index contributed by atoms with van der Waals surface area (Å²) in [6.45, 7) is 11.5. The number of rotatable bonds is 7. The molecule has 1 N–H and O–H groups in total. The molecule has 172 valence electrons. The third kappa shape index (κ3) is 4.58. The fourth-order valence-electron chi connectivity index (χ4n) is 4.29. The van der Waals surface area contributed by atoms with Crippen molar-refractivity contribution in [3.63, 3.8) is 0 Å². The van der Waals surface area contributed by atoms with Crippen LogP contribution in [0.25, 0.3) is 15.7 Å². The molecule has 1 saturated heterocycles. The van der Waals surface area contributed by atoms with E-state index in [-0.39, 0.29) is 23.5 Å². The van der Waals surface area contributed by atoms with Crippen LogP contribution in [-0.2, 0) is 21.4 Å². The number of carbonyl (C=O) groups is 1. The molecule has 1 aromatic heterocycles. The van der Waals surface area contributed by atoms with Crippen LogP contribution in [0.15, 0.2) is 53.6 Å². The van der Waals surface area contributed by atoms with Gasteiger partial charge in [-0.15, -0.1) is 0 Å². The Bertz CT molecular complexity index is 1340. The Hall–Kier alpha value is -3.35. The van der Waals surface area contributed by atoms with Gasteiger partial charge in [-0.05, 0) is 56.2 Å². The summed E-state index contributed by atoms with van der Waals surface area (Å²) >= 11 is 0. The van der Waals surface area contributed by atoms with Crippen molar-refractivity contribution in [2.24, 2.45) is 0 Å². The van der Waals surface area contributed by atoms with Gasteiger partial charge in [-0.1, -0.05) is 12.1 Å². The van der Waals surface area contributed by atoms with E-state index in [9.17, 15) is 18.3 Å². The van der Waals surface area contributed by atoms with Crippen molar-refractivity contribution in [2.75, 3.05) is 13.1 Å². The number of carboxylic acid groups (broad SMARTS) is 1. The molecule has 4 rings (SSSR count). The zero-order valence-electron chi connectivity index (χ0n) is 18.4. The van der Waals surface area contributed by atoms with Gasteiger partial charge in [0.25, 0.3) is 0 Å². The molecule has 9 heteroatoms. The van der Waals surface area contributed by atoms with Crippen LogP contribution in [0.2, 0.25) is 0 Å². The van der Waals surface area contributed by atoms with Gasteiger partial charge in [0.15, 0.2) is 5.69 Å². The van der Waals surface area contributed by atoms with E-state index in [0.29, 0.717) is 36.5 Å². The van der Waals surface area contributed by atoms with E-state index in [0.717, 1.165) is 10.9 Å². The topological polar surface area (TPSA) is 93.2 Å². The average Bonchev–Trinajstić information content (AvgIpc) is 3.39. The number of fused-ring (bicyclic) bond motifs is 1.